The van der Waals surface area contributed by atoms with Gasteiger partial charge in [-0.25, -0.2) is 0 Å². The zero-order chi connectivity index (χ0) is 14.0. The Labute approximate surface area is 110 Å². The van der Waals surface area contributed by atoms with Gasteiger partial charge in [0.15, 0.2) is 5.78 Å². The van der Waals surface area contributed by atoms with Crippen molar-refractivity contribution in [1.29, 1.82) is 0 Å². The summed E-state index contributed by atoms with van der Waals surface area (Å²) in [5, 5.41) is 0. The van der Waals surface area contributed by atoms with Gasteiger partial charge in [0.05, 0.1) is 11.5 Å². The van der Waals surface area contributed by atoms with Crippen LogP contribution in [-0.2, 0) is 9.53 Å². The zero-order valence-corrected chi connectivity index (χ0v) is 12.0. The molecule has 1 heterocycles. The lowest BCUT2D eigenvalue weighted by atomic mass is 9.85. The van der Waals surface area contributed by atoms with E-state index < -0.39 is 11.2 Å². The number of hydrogen-bond donors (Lipinski definition) is 0. The Morgan fingerprint density at radius 3 is 2.06 bits per heavy atom. The highest BCUT2D eigenvalue weighted by Gasteiger charge is 2.53. The quantitative estimate of drug-likeness (QED) is 0.679. The van der Waals surface area contributed by atoms with Crippen molar-refractivity contribution in [2.75, 3.05) is 19.6 Å². The lowest BCUT2D eigenvalue weighted by Gasteiger charge is -2.29. The Kier molecular flexibility index (Phi) is 4.51. The molecule has 1 aliphatic heterocycles. The van der Waals surface area contributed by atoms with E-state index in [2.05, 4.69) is 18.1 Å². The second kappa shape index (κ2) is 5.37. The number of ether oxygens (including phenoxy) is 1. The molecular formula is C15H25NO2. The van der Waals surface area contributed by atoms with Crippen LogP contribution in [0, 0.1) is 5.92 Å². The first-order valence-corrected chi connectivity index (χ1v) is 6.43. The third-order valence-corrected chi connectivity index (χ3v) is 3.48. The molecule has 0 N–H and O–H groups in total. The maximum atomic E-state index is 12.4. The molecule has 0 amide bonds. The molecule has 0 saturated carbocycles. The van der Waals surface area contributed by atoms with Crippen molar-refractivity contribution >= 4 is 5.78 Å². The second-order valence-electron chi connectivity index (χ2n) is 5.93. The van der Waals surface area contributed by atoms with Gasteiger partial charge in [-0.05, 0) is 27.7 Å². The molecule has 1 rings (SSSR count). The summed E-state index contributed by atoms with van der Waals surface area (Å²) in [4.78, 5) is 14.5. The maximum absolute atomic E-state index is 12.4. The van der Waals surface area contributed by atoms with Crippen molar-refractivity contribution in [2.24, 2.45) is 5.92 Å². The zero-order valence-electron chi connectivity index (χ0n) is 12.0. The molecule has 1 aliphatic rings. The third kappa shape index (κ3) is 3.09. The number of rotatable bonds is 6. The average molecular weight is 251 g/mol. The molecule has 1 fully saturated rings. The van der Waals surface area contributed by atoms with Crippen molar-refractivity contribution < 1.29 is 9.53 Å². The minimum atomic E-state index is -0.678. The van der Waals surface area contributed by atoms with Gasteiger partial charge in [-0.3, -0.25) is 9.69 Å². The lowest BCUT2D eigenvalue weighted by molar-refractivity contribution is -0.132. The van der Waals surface area contributed by atoms with Crippen LogP contribution in [0.25, 0.3) is 0 Å². The first kappa shape index (κ1) is 15.1. The second-order valence-corrected chi connectivity index (χ2v) is 5.93. The predicted octanol–water partition coefficient (Wildman–Crippen LogP) is 2.43. The number of ketones is 1. The first-order chi connectivity index (χ1) is 8.24. The fourth-order valence-electron chi connectivity index (χ4n) is 2.66. The fraction of sp³-hybridized carbons (Fsp3) is 0.667. The van der Waals surface area contributed by atoms with E-state index in [0.717, 1.165) is 13.1 Å². The normalized spacial score (nSPS) is 25.4. The minimum absolute atomic E-state index is 0.104. The van der Waals surface area contributed by atoms with E-state index in [1.165, 1.54) is 0 Å². The van der Waals surface area contributed by atoms with Crippen LogP contribution in [0.3, 0.4) is 0 Å². The maximum Gasteiger partial charge on any atom is 0.171 e. The average Bonchev–Trinajstić information content (AvgIpc) is 2.37. The van der Waals surface area contributed by atoms with Crippen molar-refractivity contribution in [1.82, 2.24) is 4.90 Å². The van der Waals surface area contributed by atoms with Crippen molar-refractivity contribution in [3.8, 4) is 0 Å². The summed E-state index contributed by atoms with van der Waals surface area (Å²) in [5.74, 6) is 0.0815. The van der Waals surface area contributed by atoms with Gasteiger partial charge in [-0.1, -0.05) is 12.2 Å². The van der Waals surface area contributed by atoms with Gasteiger partial charge in [0.1, 0.15) is 5.60 Å². The van der Waals surface area contributed by atoms with Crippen molar-refractivity contribution in [3.63, 3.8) is 0 Å². The molecule has 0 bridgehead atoms. The highest BCUT2D eigenvalue weighted by Crippen LogP contribution is 2.39. The van der Waals surface area contributed by atoms with Crippen LogP contribution >= 0.6 is 0 Å². The van der Waals surface area contributed by atoms with E-state index in [1.807, 2.05) is 39.8 Å². The first-order valence-electron chi connectivity index (χ1n) is 6.43. The van der Waals surface area contributed by atoms with Crippen LogP contribution in [0.2, 0.25) is 0 Å². The molecule has 3 nitrogen and oxygen atoms in total. The highest BCUT2D eigenvalue weighted by molar-refractivity contribution is 5.91. The molecule has 3 heteroatoms. The van der Waals surface area contributed by atoms with E-state index in [1.54, 1.807) is 0 Å². The Hall–Kier alpha value is -0.930. The summed E-state index contributed by atoms with van der Waals surface area (Å²) in [6.45, 7) is 17.4. The molecule has 1 unspecified atom stereocenters. The van der Waals surface area contributed by atoms with Crippen LogP contribution in [0.15, 0.2) is 25.3 Å². The summed E-state index contributed by atoms with van der Waals surface area (Å²) >= 11 is 0. The van der Waals surface area contributed by atoms with Crippen LogP contribution in [0.5, 0.6) is 0 Å². The standard InChI is InChI=1S/C15H25NO2/c1-7-9-16(10-8-2)11-12-13(17)15(5,6)18-14(12,3)4/h7-8,12H,1-2,9-11H2,3-6H3. The van der Waals surface area contributed by atoms with Gasteiger partial charge in [0.25, 0.3) is 0 Å². The fourth-order valence-corrected chi connectivity index (χ4v) is 2.66. The number of Topliss-reactive ketones (excluding diaryl/α,β-unsaturated/α-hetero) is 1. The third-order valence-electron chi connectivity index (χ3n) is 3.48. The summed E-state index contributed by atoms with van der Waals surface area (Å²) in [6.07, 6.45) is 3.70. The van der Waals surface area contributed by atoms with E-state index in [9.17, 15) is 4.79 Å². The Morgan fingerprint density at radius 1 is 1.22 bits per heavy atom. The topological polar surface area (TPSA) is 29.5 Å². The Balaban J connectivity index is 2.83. The van der Waals surface area contributed by atoms with E-state index in [4.69, 9.17) is 4.74 Å². The van der Waals surface area contributed by atoms with Gasteiger partial charge >= 0.3 is 0 Å². The summed E-state index contributed by atoms with van der Waals surface area (Å²) < 4.78 is 5.89. The molecule has 0 aliphatic carbocycles. The molecule has 0 aromatic rings. The Bertz CT molecular complexity index is 334. The van der Waals surface area contributed by atoms with Gasteiger partial charge in [-0.15, -0.1) is 13.2 Å². The van der Waals surface area contributed by atoms with Crippen LogP contribution in [0.4, 0.5) is 0 Å². The highest BCUT2D eigenvalue weighted by atomic mass is 16.5. The number of carbonyl (C=O) groups is 1. The van der Waals surface area contributed by atoms with Crippen LogP contribution in [0.1, 0.15) is 27.7 Å². The van der Waals surface area contributed by atoms with Gasteiger partial charge in [0, 0.05) is 19.6 Å². The molecule has 102 valence electrons. The van der Waals surface area contributed by atoms with Gasteiger partial charge < -0.3 is 4.74 Å². The SMILES string of the molecule is C=CCN(CC=C)CC1C(=O)C(C)(C)OC1(C)C. The van der Waals surface area contributed by atoms with E-state index >= 15 is 0 Å². The smallest absolute Gasteiger partial charge is 0.171 e. The molecule has 0 aromatic heterocycles. The number of carbonyl (C=O) groups excluding carboxylic acids is 1. The van der Waals surface area contributed by atoms with Crippen LogP contribution < -0.4 is 0 Å². The minimum Gasteiger partial charge on any atom is -0.361 e. The summed E-state index contributed by atoms with van der Waals surface area (Å²) in [5.41, 5.74) is -1.09. The number of hydrogen-bond acceptors (Lipinski definition) is 3. The molecule has 0 radical (unpaired) electrons. The summed E-state index contributed by atoms with van der Waals surface area (Å²) in [6, 6.07) is 0. The van der Waals surface area contributed by atoms with E-state index in [0.29, 0.717) is 6.54 Å². The molecule has 1 saturated heterocycles. The Morgan fingerprint density at radius 2 is 1.72 bits per heavy atom. The number of nitrogens with zero attached hydrogens (tertiary/aromatic N) is 1. The lowest BCUT2D eigenvalue weighted by Crippen LogP contribution is -2.41. The molecule has 0 aromatic carbocycles. The predicted molar refractivity (Wildman–Crippen MR) is 74.6 cm³/mol. The largest absolute Gasteiger partial charge is 0.361 e. The monoisotopic (exact) mass is 251 g/mol. The van der Waals surface area contributed by atoms with Gasteiger partial charge in [-0.2, -0.15) is 0 Å². The molecule has 18 heavy (non-hydrogen) atoms. The molecular weight excluding hydrogens is 226 g/mol. The molecule has 0 spiro atoms. The van der Waals surface area contributed by atoms with E-state index in [-0.39, 0.29) is 11.7 Å². The van der Waals surface area contributed by atoms with Crippen molar-refractivity contribution in [3.05, 3.63) is 25.3 Å². The van der Waals surface area contributed by atoms with Crippen LogP contribution in [-0.4, -0.2) is 41.5 Å². The molecule has 1 atom stereocenters. The van der Waals surface area contributed by atoms with Gasteiger partial charge in [0.2, 0.25) is 0 Å². The van der Waals surface area contributed by atoms with Crippen molar-refractivity contribution in [2.45, 2.75) is 38.9 Å². The summed E-state index contributed by atoms with van der Waals surface area (Å²) in [7, 11) is 0.